The number of hydrogen-bond donors (Lipinski definition) is 0. The van der Waals surface area contributed by atoms with Crippen LogP contribution in [0.4, 0.5) is 4.39 Å². The van der Waals surface area contributed by atoms with Crippen LogP contribution < -0.4 is 0 Å². The number of benzene rings is 2. The van der Waals surface area contributed by atoms with Gasteiger partial charge in [-0.15, -0.1) is 11.8 Å². The zero-order chi connectivity index (χ0) is 15.7. The lowest BCUT2D eigenvalue weighted by molar-refractivity contribution is 0.0760. The van der Waals surface area contributed by atoms with Crippen molar-refractivity contribution in [2.45, 2.75) is 12.3 Å². The predicted molar refractivity (Wildman–Crippen MR) is 88.8 cm³/mol. The van der Waals surface area contributed by atoms with Crippen molar-refractivity contribution < 1.29 is 9.18 Å². The summed E-state index contributed by atoms with van der Waals surface area (Å²) in [7, 11) is 0. The van der Waals surface area contributed by atoms with Gasteiger partial charge >= 0.3 is 0 Å². The second kappa shape index (κ2) is 6.31. The van der Waals surface area contributed by atoms with Crippen LogP contribution in [-0.2, 0) is 0 Å². The molecule has 2 aromatic carbocycles. The van der Waals surface area contributed by atoms with E-state index in [1.165, 1.54) is 6.07 Å². The molecule has 114 valence electrons. The molecule has 1 fully saturated rings. The minimum atomic E-state index is -0.347. The van der Waals surface area contributed by atoms with Crippen LogP contribution in [0.1, 0.15) is 26.9 Å². The third-order valence-corrected chi connectivity index (χ3v) is 5.24. The summed E-state index contributed by atoms with van der Waals surface area (Å²) in [6.45, 7) is 2.35. The molecule has 0 bridgehead atoms. The van der Waals surface area contributed by atoms with Gasteiger partial charge in [0.25, 0.3) is 5.91 Å². The van der Waals surface area contributed by atoms with E-state index in [-0.39, 0.29) is 17.1 Å². The Morgan fingerprint density at radius 2 is 2.00 bits per heavy atom. The highest BCUT2D eigenvalue weighted by Crippen LogP contribution is 2.39. The van der Waals surface area contributed by atoms with Gasteiger partial charge in [0.15, 0.2) is 0 Å². The summed E-state index contributed by atoms with van der Waals surface area (Å²) in [5.74, 6) is 0.387. The first kappa shape index (κ1) is 15.4. The van der Waals surface area contributed by atoms with Crippen LogP contribution in [0.2, 0.25) is 5.02 Å². The quantitative estimate of drug-likeness (QED) is 0.794. The minimum Gasteiger partial charge on any atom is -0.322 e. The van der Waals surface area contributed by atoms with Crippen molar-refractivity contribution >= 4 is 29.3 Å². The molecule has 1 aliphatic heterocycles. The number of aryl methyl sites for hydroxylation is 1. The number of nitrogens with zero attached hydrogens (tertiary/aromatic N) is 1. The molecule has 3 rings (SSSR count). The first-order valence-corrected chi connectivity index (χ1v) is 8.43. The fraction of sp³-hybridized carbons (Fsp3) is 0.235. The maximum absolute atomic E-state index is 13.7. The summed E-state index contributed by atoms with van der Waals surface area (Å²) >= 11 is 7.62. The second-order valence-corrected chi connectivity index (χ2v) is 6.86. The summed E-state index contributed by atoms with van der Waals surface area (Å²) in [5, 5.41) is 0.624. The first-order valence-electron chi connectivity index (χ1n) is 7.00. The Balaban J connectivity index is 1.87. The van der Waals surface area contributed by atoms with Gasteiger partial charge in [-0.2, -0.15) is 0 Å². The fourth-order valence-corrected chi connectivity index (χ4v) is 3.86. The lowest BCUT2D eigenvalue weighted by Crippen LogP contribution is -2.30. The van der Waals surface area contributed by atoms with E-state index in [1.807, 2.05) is 24.3 Å². The van der Waals surface area contributed by atoms with E-state index >= 15 is 0 Å². The third kappa shape index (κ3) is 2.99. The van der Waals surface area contributed by atoms with E-state index in [2.05, 4.69) is 0 Å². The van der Waals surface area contributed by atoms with Gasteiger partial charge in [-0.05, 0) is 42.3 Å². The van der Waals surface area contributed by atoms with Crippen molar-refractivity contribution in [3.8, 4) is 0 Å². The zero-order valence-corrected chi connectivity index (χ0v) is 13.6. The van der Waals surface area contributed by atoms with Crippen LogP contribution in [0.3, 0.4) is 0 Å². The largest absolute Gasteiger partial charge is 0.322 e. The lowest BCUT2D eigenvalue weighted by Gasteiger charge is -2.24. The molecule has 2 nitrogen and oxygen atoms in total. The van der Waals surface area contributed by atoms with E-state index in [4.69, 9.17) is 11.6 Å². The number of carbonyl (C=O) groups excluding carboxylic acids is 1. The normalized spacial score (nSPS) is 17.8. The number of carbonyl (C=O) groups is 1. The van der Waals surface area contributed by atoms with Gasteiger partial charge in [0.2, 0.25) is 0 Å². The van der Waals surface area contributed by atoms with E-state index < -0.39 is 0 Å². The molecule has 0 saturated carbocycles. The molecule has 1 atom stereocenters. The van der Waals surface area contributed by atoms with E-state index in [9.17, 15) is 9.18 Å². The van der Waals surface area contributed by atoms with Crippen LogP contribution in [0, 0.1) is 12.7 Å². The summed E-state index contributed by atoms with van der Waals surface area (Å²) in [6, 6.07) is 12.2. The highest BCUT2D eigenvalue weighted by atomic mass is 35.5. The third-order valence-electron chi connectivity index (χ3n) is 3.73. The smallest absolute Gasteiger partial charge is 0.255 e. The van der Waals surface area contributed by atoms with Crippen LogP contribution >= 0.6 is 23.4 Å². The molecule has 1 amide bonds. The maximum atomic E-state index is 13.7. The Morgan fingerprint density at radius 1 is 1.27 bits per heavy atom. The van der Waals surface area contributed by atoms with Gasteiger partial charge in [0, 0.05) is 22.9 Å². The molecule has 1 unspecified atom stereocenters. The summed E-state index contributed by atoms with van der Waals surface area (Å²) in [5.41, 5.74) is 1.97. The molecule has 1 aliphatic rings. The Bertz CT molecular complexity index is 704. The summed E-state index contributed by atoms with van der Waals surface area (Å²) in [4.78, 5) is 14.5. The van der Waals surface area contributed by atoms with Gasteiger partial charge in [0.05, 0.1) is 0 Å². The van der Waals surface area contributed by atoms with Gasteiger partial charge < -0.3 is 4.90 Å². The topological polar surface area (TPSA) is 20.3 Å². The van der Waals surface area contributed by atoms with Crippen LogP contribution in [-0.4, -0.2) is 23.1 Å². The van der Waals surface area contributed by atoms with Crippen molar-refractivity contribution in [1.82, 2.24) is 4.90 Å². The SMILES string of the molecule is Cc1ccc(C(=O)N2CCSC2c2ccc(Cl)cc2)cc1F. The lowest BCUT2D eigenvalue weighted by atomic mass is 10.1. The Kier molecular flexibility index (Phi) is 4.41. The highest BCUT2D eigenvalue weighted by Gasteiger charge is 2.31. The summed E-state index contributed by atoms with van der Waals surface area (Å²) in [6.07, 6.45) is 0. The van der Waals surface area contributed by atoms with Crippen molar-refractivity contribution in [2.24, 2.45) is 0 Å². The molecular weight excluding hydrogens is 321 g/mol. The van der Waals surface area contributed by atoms with Crippen molar-refractivity contribution in [3.63, 3.8) is 0 Å². The maximum Gasteiger partial charge on any atom is 0.255 e. The molecule has 2 aromatic rings. The Morgan fingerprint density at radius 3 is 2.68 bits per heavy atom. The number of thioether (sulfide) groups is 1. The van der Waals surface area contributed by atoms with E-state index in [0.717, 1.165) is 11.3 Å². The van der Waals surface area contributed by atoms with Gasteiger partial charge in [-0.1, -0.05) is 29.8 Å². The van der Waals surface area contributed by atoms with Crippen LogP contribution in [0.25, 0.3) is 0 Å². The number of amides is 1. The molecular formula is C17H15ClFNOS. The van der Waals surface area contributed by atoms with Crippen LogP contribution in [0.5, 0.6) is 0 Å². The van der Waals surface area contributed by atoms with Crippen molar-refractivity contribution in [2.75, 3.05) is 12.3 Å². The molecule has 1 heterocycles. The van der Waals surface area contributed by atoms with E-state index in [1.54, 1.807) is 35.7 Å². The Hall–Kier alpha value is -1.52. The number of halogens is 2. The molecule has 1 saturated heterocycles. The molecule has 0 aliphatic carbocycles. The minimum absolute atomic E-state index is 0.0471. The standard InChI is InChI=1S/C17H15ClFNOS/c1-11-2-3-13(10-15(11)19)16(21)20-8-9-22-17(20)12-4-6-14(18)7-5-12/h2-7,10,17H,8-9H2,1H3. The molecule has 0 aromatic heterocycles. The average Bonchev–Trinajstić information content (AvgIpc) is 2.99. The van der Waals surface area contributed by atoms with Crippen molar-refractivity contribution in [1.29, 1.82) is 0 Å². The first-order chi connectivity index (χ1) is 10.6. The van der Waals surface area contributed by atoms with Gasteiger partial charge in [-0.25, -0.2) is 4.39 Å². The molecule has 0 N–H and O–H groups in total. The Labute approximate surface area is 138 Å². The molecule has 0 spiro atoms. The highest BCUT2D eigenvalue weighted by molar-refractivity contribution is 7.99. The predicted octanol–water partition coefficient (Wildman–Crippen LogP) is 4.68. The van der Waals surface area contributed by atoms with Gasteiger partial charge in [0.1, 0.15) is 11.2 Å². The zero-order valence-electron chi connectivity index (χ0n) is 12.1. The molecule has 0 radical (unpaired) electrons. The number of hydrogen-bond acceptors (Lipinski definition) is 2. The summed E-state index contributed by atoms with van der Waals surface area (Å²) < 4.78 is 13.7. The second-order valence-electron chi connectivity index (χ2n) is 5.24. The fourth-order valence-electron chi connectivity index (χ4n) is 2.47. The van der Waals surface area contributed by atoms with Crippen molar-refractivity contribution in [3.05, 3.63) is 70.0 Å². The monoisotopic (exact) mass is 335 g/mol. The molecule has 5 heteroatoms. The van der Waals surface area contributed by atoms with Gasteiger partial charge in [-0.3, -0.25) is 4.79 Å². The number of rotatable bonds is 2. The average molecular weight is 336 g/mol. The van der Waals surface area contributed by atoms with E-state index in [0.29, 0.717) is 22.7 Å². The van der Waals surface area contributed by atoms with Crippen LogP contribution in [0.15, 0.2) is 42.5 Å². The molecule has 22 heavy (non-hydrogen) atoms.